The van der Waals surface area contributed by atoms with Crippen LogP contribution in [0.3, 0.4) is 0 Å². The SMILES string of the molecule is O=C(NCCCc1cnc2c(c1)CCCN2)Nc1ccc(Cl)c(Cl)c1. The molecule has 5 nitrogen and oxygen atoms in total. The average Bonchev–Trinajstić information content (AvgIpc) is 2.62. The smallest absolute Gasteiger partial charge is 0.319 e. The molecule has 0 saturated heterocycles. The van der Waals surface area contributed by atoms with Gasteiger partial charge in [0.2, 0.25) is 0 Å². The third-order valence-electron chi connectivity index (χ3n) is 4.04. The number of anilines is 2. The quantitative estimate of drug-likeness (QED) is 0.670. The van der Waals surface area contributed by atoms with Crippen molar-refractivity contribution in [3.63, 3.8) is 0 Å². The van der Waals surface area contributed by atoms with Gasteiger partial charge < -0.3 is 16.0 Å². The Balaban J connectivity index is 1.42. The van der Waals surface area contributed by atoms with E-state index in [0.717, 1.165) is 38.0 Å². The number of aryl methyl sites for hydroxylation is 2. The highest BCUT2D eigenvalue weighted by Crippen LogP contribution is 2.25. The highest BCUT2D eigenvalue weighted by atomic mass is 35.5. The van der Waals surface area contributed by atoms with Gasteiger partial charge in [0.05, 0.1) is 10.0 Å². The fourth-order valence-electron chi connectivity index (χ4n) is 2.78. The number of halogens is 2. The highest BCUT2D eigenvalue weighted by molar-refractivity contribution is 6.42. The summed E-state index contributed by atoms with van der Waals surface area (Å²) in [4.78, 5) is 16.4. The molecule has 0 fully saturated rings. The first-order valence-electron chi connectivity index (χ1n) is 8.33. The number of hydrogen-bond donors (Lipinski definition) is 3. The Bertz CT molecular complexity index is 767. The molecule has 2 amide bonds. The number of urea groups is 1. The van der Waals surface area contributed by atoms with Gasteiger partial charge >= 0.3 is 6.03 Å². The third-order valence-corrected chi connectivity index (χ3v) is 4.78. The number of carbonyl (C=O) groups excluding carboxylic acids is 1. The predicted molar refractivity (Wildman–Crippen MR) is 103 cm³/mol. The lowest BCUT2D eigenvalue weighted by molar-refractivity contribution is 0.252. The van der Waals surface area contributed by atoms with Crippen LogP contribution >= 0.6 is 23.2 Å². The van der Waals surface area contributed by atoms with Crippen LogP contribution in [0.1, 0.15) is 24.0 Å². The number of aromatic nitrogens is 1. The van der Waals surface area contributed by atoms with E-state index in [1.165, 1.54) is 11.1 Å². The first-order valence-corrected chi connectivity index (χ1v) is 9.09. The van der Waals surface area contributed by atoms with Crippen LogP contribution in [-0.2, 0) is 12.8 Å². The third kappa shape index (κ3) is 5.00. The maximum Gasteiger partial charge on any atom is 0.319 e. The number of benzene rings is 1. The molecular weight excluding hydrogens is 359 g/mol. The molecule has 0 aliphatic carbocycles. The van der Waals surface area contributed by atoms with Crippen molar-refractivity contribution in [2.45, 2.75) is 25.7 Å². The molecule has 0 atom stereocenters. The van der Waals surface area contributed by atoms with Crippen molar-refractivity contribution in [1.82, 2.24) is 10.3 Å². The van der Waals surface area contributed by atoms with Crippen LogP contribution < -0.4 is 16.0 Å². The maximum absolute atomic E-state index is 11.9. The van der Waals surface area contributed by atoms with Crippen molar-refractivity contribution in [3.8, 4) is 0 Å². The molecule has 1 aliphatic rings. The maximum atomic E-state index is 11.9. The number of rotatable bonds is 5. The van der Waals surface area contributed by atoms with Crippen LogP contribution in [-0.4, -0.2) is 24.1 Å². The Morgan fingerprint density at radius 2 is 2.12 bits per heavy atom. The summed E-state index contributed by atoms with van der Waals surface area (Å²) in [5.41, 5.74) is 3.10. The normalized spacial score (nSPS) is 12.9. The van der Waals surface area contributed by atoms with Crippen LogP contribution in [0.25, 0.3) is 0 Å². The van der Waals surface area contributed by atoms with E-state index in [4.69, 9.17) is 23.2 Å². The lowest BCUT2D eigenvalue weighted by Gasteiger charge is -2.17. The van der Waals surface area contributed by atoms with E-state index < -0.39 is 0 Å². The highest BCUT2D eigenvalue weighted by Gasteiger charge is 2.10. The lowest BCUT2D eigenvalue weighted by Crippen LogP contribution is -2.29. The zero-order valence-corrected chi connectivity index (χ0v) is 15.3. The van der Waals surface area contributed by atoms with Gasteiger partial charge in [0.25, 0.3) is 0 Å². The van der Waals surface area contributed by atoms with Crippen molar-refractivity contribution in [1.29, 1.82) is 0 Å². The lowest BCUT2D eigenvalue weighted by atomic mass is 10.0. The molecule has 1 aliphatic heterocycles. The van der Waals surface area contributed by atoms with Gasteiger partial charge in [0.1, 0.15) is 5.82 Å². The molecule has 0 bridgehead atoms. The van der Waals surface area contributed by atoms with Crippen LogP contribution in [0.15, 0.2) is 30.5 Å². The van der Waals surface area contributed by atoms with Gasteiger partial charge in [-0.15, -0.1) is 0 Å². The number of carbonyl (C=O) groups is 1. The molecule has 2 heterocycles. The number of nitrogens with one attached hydrogen (secondary N) is 3. The number of pyridine rings is 1. The summed E-state index contributed by atoms with van der Waals surface area (Å²) in [6.45, 7) is 1.58. The van der Waals surface area contributed by atoms with E-state index in [-0.39, 0.29) is 6.03 Å². The molecule has 25 heavy (non-hydrogen) atoms. The van der Waals surface area contributed by atoms with Gasteiger partial charge in [0.15, 0.2) is 0 Å². The summed E-state index contributed by atoms with van der Waals surface area (Å²) in [6, 6.07) is 6.93. The molecule has 1 aromatic carbocycles. The molecule has 0 spiro atoms. The van der Waals surface area contributed by atoms with E-state index >= 15 is 0 Å². The van der Waals surface area contributed by atoms with Crippen LogP contribution in [0.2, 0.25) is 10.0 Å². The Labute approximate surface area is 157 Å². The van der Waals surface area contributed by atoms with E-state index in [1.54, 1.807) is 18.2 Å². The number of amides is 2. The van der Waals surface area contributed by atoms with Gasteiger partial charge in [-0.3, -0.25) is 0 Å². The van der Waals surface area contributed by atoms with Gasteiger partial charge in [-0.25, -0.2) is 9.78 Å². The van der Waals surface area contributed by atoms with Gasteiger partial charge in [0, 0.05) is 25.0 Å². The molecular formula is C18H20Cl2N4O. The average molecular weight is 379 g/mol. The first kappa shape index (κ1) is 17.8. The van der Waals surface area contributed by atoms with Gasteiger partial charge in [-0.2, -0.15) is 0 Å². The Kier molecular flexibility index (Phi) is 6.00. The summed E-state index contributed by atoms with van der Waals surface area (Å²) in [5.74, 6) is 1.01. The van der Waals surface area contributed by atoms with Crippen molar-refractivity contribution < 1.29 is 4.79 Å². The van der Waals surface area contributed by atoms with E-state index in [9.17, 15) is 4.79 Å². The zero-order chi connectivity index (χ0) is 17.6. The number of nitrogens with zero attached hydrogens (tertiary/aromatic N) is 1. The first-order chi connectivity index (χ1) is 12.1. The second kappa shape index (κ2) is 8.41. The van der Waals surface area contributed by atoms with Crippen molar-refractivity contribution >= 4 is 40.7 Å². The second-order valence-electron chi connectivity index (χ2n) is 5.99. The Morgan fingerprint density at radius 3 is 2.96 bits per heavy atom. The van der Waals surface area contributed by atoms with Crippen LogP contribution in [0, 0.1) is 0 Å². The van der Waals surface area contributed by atoms with Gasteiger partial charge in [-0.05, 0) is 55.0 Å². The molecule has 0 radical (unpaired) electrons. The van der Waals surface area contributed by atoms with E-state index in [2.05, 4.69) is 27.0 Å². The molecule has 2 aromatic rings. The van der Waals surface area contributed by atoms with E-state index in [1.807, 2.05) is 6.20 Å². The van der Waals surface area contributed by atoms with Crippen molar-refractivity contribution in [2.75, 3.05) is 23.7 Å². The molecule has 3 rings (SSSR count). The molecule has 132 valence electrons. The minimum Gasteiger partial charge on any atom is -0.370 e. The monoisotopic (exact) mass is 378 g/mol. The summed E-state index contributed by atoms with van der Waals surface area (Å²) < 4.78 is 0. The largest absolute Gasteiger partial charge is 0.370 e. The van der Waals surface area contributed by atoms with Crippen LogP contribution in [0.5, 0.6) is 0 Å². The second-order valence-corrected chi connectivity index (χ2v) is 6.81. The van der Waals surface area contributed by atoms with E-state index in [0.29, 0.717) is 22.3 Å². The molecule has 1 aromatic heterocycles. The predicted octanol–water partition coefficient (Wildman–Crippen LogP) is 4.50. The van der Waals surface area contributed by atoms with Crippen molar-refractivity contribution in [3.05, 3.63) is 51.6 Å². The minimum absolute atomic E-state index is 0.258. The summed E-state index contributed by atoms with van der Waals surface area (Å²) in [6.07, 6.45) is 5.87. The number of fused-ring (bicyclic) bond motifs is 1. The fourth-order valence-corrected chi connectivity index (χ4v) is 3.07. The van der Waals surface area contributed by atoms with Crippen LogP contribution in [0.4, 0.5) is 16.3 Å². The minimum atomic E-state index is -0.258. The standard InChI is InChI=1S/C18H20Cl2N4O/c19-15-6-5-14(10-16(15)20)24-18(25)22-8-1-3-12-9-13-4-2-7-21-17(13)23-11-12/h5-6,9-11H,1-4,7-8H2,(H,21,23)(H2,22,24,25). The van der Waals surface area contributed by atoms with Gasteiger partial charge in [-0.1, -0.05) is 29.3 Å². The van der Waals surface area contributed by atoms with Crippen molar-refractivity contribution in [2.24, 2.45) is 0 Å². The molecule has 3 N–H and O–H groups in total. The number of hydrogen-bond acceptors (Lipinski definition) is 3. The molecule has 7 heteroatoms. The zero-order valence-electron chi connectivity index (χ0n) is 13.7. The topological polar surface area (TPSA) is 66.0 Å². The Hall–Kier alpha value is -1.98. The Morgan fingerprint density at radius 1 is 1.24 bits per heavy atom. The summed E-state index contributed by atoms with van der Waals surface area (Å²) >= 11 is 11.8. The molecule has 0 saturated carbocycles. The summed E-state index contributed by atoms with van der Waals surface area (Å²) in [7, 11) is 0. The fraction of sp³-hybridized carbons (Fsp3) is 0.333. The molecule has 0 unspecified atom stereocenters. The summed E-state index contributed by atoms with van der Waals surface area (Å²) in [5, 5.41) is 9.75.